The standard InChI is InChI=1S/C13H20ClNO3/c1-9(16)6-7-15-8-10-4-5-11(17-2)13(18-3)12(10)14/h4-5,9,15-16H,6-8H2,1-3H3. The molecular formula is C13H20ClNO3. The van der Waals surface area contributed by atoms with Gasteiger partial charge < -0.3 is 19.9 Å². The number of aliphatic hydroxyl groups excluding tert-OH is 1. The molecule has 0 saturated heterocycles. The van der Waals surface area contributed by atoms with Crippen LogP contribution in [-0.2, 0) is 6.54 Å². The molecule has 0 bridgehead atoms. The van der Waals surface area contributed by atoms with Crippen molar-refractivity contribution in [3.05, 3.63) is 22.7 Å². The summed E-state index contributed by atoms with van der Waals surface area (Å²) in [7, 11) is 3.14. The maximum Gasteiger partial charge on any atom is 0.179 e. The number of hydrogen-bond acceptors (Lipinski definition) is 4. The summed E-state index contributed by atoms with van der Waals surface area (Å²) in [6.07, 6.45) is 0.420. The van der Waals surface area contributed by atoms with Gasteiger partial charge in [-0.25, -0.2) is 0 Å². The van der Waals surface area contributed by atoms with E-state index in [0.717, 1.165) is 12.1 Å². The van der Waals surface area contributed by atoms with Crippen molar-refractivity contribution in [2.24, 2.45) is 0 Å². The Labute approximate surface area is 113 Å². The van der Waals surface area contributed by atoms with E-state index in [0.29, 0.717) is 29.5 Å². The molecular weight excluding hydrogens is 254 g/mol. The smallest absolute Gasteiger partial charge is 0.179 e. The summed E-state index contributed by atoms with van der Waals surface area (Å²) in [4.78, 5) is 0. The van der Waals surface area contributed by atoms with Crippen LogP contribution >= 0.6 is 11.6 Å². The average molecular weight is 274 g/mol. The molecule has 0 aliphatic heterocycles. The predicted octanol–water partition coefficient (Wildman–Crippen LogP) is 2.22. The minimum Gasteiger partial charge on any atom is -0.493 e. The van der Waals surface area contributed by atoms with Gasteiger partial charge in [0.1, 0.15) is 0 Å². The molecule has 0 spiro atoms. The second kappa shape index (κ2) is 7.46. The number of methoxy groups -OCH3 is 2. The Morgan fingerprint density at radius 2 is 2.06 bits per heavy atom. The highest BCUT2D eigenvalue weighted by Gasteiger charge is 2.12. The fourth-order valence-electron chi connectivity index (χ4n) is 1.60. The van der Waals surface area contributed by atoms with Crippen LogP contribution in [0.4, 0.5) is 0 Å². The van der Waals surface area contributed by atoms with Crippen molar-refractivity contribution in [3.63, 3.8) is 0 Å². The van der Waals surface area contributed by atoms with Crippen molar-refractivity contribution < 1.29 is 14.6 Å². The second-order valence-electron chi connectivity index (χ2n) is 4.09. The van der Waals surface area contributed by atoms with E-state index in [1.807, 2.05) is 12.1 Å². The summed E-state index contributed by atoms with van der Waals surface area (Å²) < 4.78 is 10.4. The largest absolute Gasteiger partial charge is 0.493 e. The van der Waals surface area contributed by atoms with Crippen LogP contribution in [0.2, 0.25) is 5.02 Å². The highest BCUT2D eigenvalue weighted by atomic mass is 35.5. The molecule has 1 atom stereocenters. The van der Waals surface area contributed by atoms with Gasteiger partial charge in [0.15, 0.2) is 11.5 Å². The van der Waals surface area contributed by atoms with Crippen molar-refractivity contribution in [1.82, 2.24) is 5.32 Å². The summed E-state index contributed by atoms with van der Waals surface area (Å²) in [6.45, 7) is 3.14. The molecule has 1 unspecified atom stereocenters. The van der Waals surface area contributed by atoms with Gasteiger partial charge in [0.05, 0.1) is 25.3 Å². The third kappa shape index (κ3) is 4.05. The molecule has 0 amide bonds. The molecule has 0 aliphatic rings. The Hall–Kier alpha value is -0.970. The molecule has 0 heterocycles. The summed E-state index contributed by atoms with van der Waals surface area (Å²) in [5.74, 6) is 1.17. The van der Waals surface area contributed by atoms with E-state index < -0.39 is 0 Å². The molecule has 0 aromatic heterocycles. The quantitative estimate of drug-likeness (QED) is 0.748. The van der Waals surface area contributed by atoms with Crippen LogP contribution in [0.3, 0.4) is 0 Å². The Morgan fingerprint density at radius 3 is 2.61 bits per heavy atom. The van der Waals surface area contributed by atoms with E-state index in [-0.39, 0.29) is 6.10 Å². The molecule has 0 saturated carbocycles. The van der Waals surface area contributed by atoms with Gasteiger partial charge in [-0.2, -0.15) is 0 Å². The van der Waals surface area contributed by atoms with Crippen LogP contribution in [-0.4, -0.2) is 32.0 Å². The first kappa shape index (κ1) is 15.1. The van der Waals surface area contributed by atoms with Crippen LogP contribution in [0, 0.1) is 0 Å². The molecule has 2 N–H and O–H groups in total. The van der Waals surface area contributed by atoms with Crippen LogP contribution in [0.25, 0.3) is 0 Å². The van der Waals surface area contributed by atoms with Gasteiger partial charge in [-0.1, -0.05) is 17.7 Å². The van der Waals surface area contributed by atoms with Gasteiger partial charge in [-0.3, -0.25) is 0 Å². The number of ether oxygens (including phenoxy) is 2. The number of nitrogens with one attached hydrogen (secondary N) is 1. The third-order valence-electron chi connectivity index (χ3n) is 2.62. The molecule has 0 fully saturated rings. The minimum atomic E-state index is -0.293. The van der Waals surface area contributed by atoms with Gasteiger partial charge in [-0.15, -0.1) is 0 Å². The van der Waals surface area contributed by atoms with Gasteiger partial charge >= 0.3 is 0 Å². The lowest BCUT2D eigenvalue weighted by Gasteiger charge is -2.13. The Morgan fingerprint density at radius 1 is 1.33 bits per heavy atom. The summed E-state index contributed by atoms with van der Waals surface area (Å²) >= 11 is 6.24. The predicted molar refractivity (Wildman–Crippen MR) is 72.6 cm³/mol. The number of benzene rings is 1. The fraction of sp³-hybridized carbons (Fsp3) is 0.538. The molecule has 102 valence electrons. The van der Waals surface area contributed by atoms with E-state index in [1.165, 1.54) is 0 Å². The maximum atomic E-state index is 9.15. The van der Waals surface area contributed by atoms with Gasteiger partial charge in [0.25, 0.3) is 0 Å². The number of halogens is 1. The van der Waals surface area contributed by atoms with Crippen LogP contribution in [0.1, 0.15) is 18.9 Å². The van der Waals surface area contributed by atoms with Crippen molar-refractivity contribution in [2.75, 3.05) is 20.8 Å². The molecule has 1 aromatic rings. The van der Waals surface area contributed by atoms with Crippen LogP contribution in [0.5, 0.6) is 11.5 Å². The normalized spacial score (nSPS) is 12.3. The monoisotopic (exact) mass is 273 g/mol. The zero-order valence-corrected chi connectivity index (χ0v) is 11.8. The first-order valence-electron chi connectivity index (χ1n) is 5.88. The average Bonchev–Trinajstić information content (AvgIpc) is 2.35. The van der Waals surface area contributed by atoms with Gasteiger partial charge in [-0.05, 0) is 31.5 Å². The lowest BCUT2D eigenvalue weighted by Crippen LogP contribution is -2.18. The fourth-order valence-corrected chi connectivity index (χ4v) is 1.90. The number of hydrogen-bond donors (Lipinski definition) is 2. The van der Waals surface area contributed by atoms with Gasteiger partial charge in [0, 0.05) is 6.54 Å². The third-order valence-corrected chi connectivity index (χ3v) is 3.03. The number of aliphatic hydroxyl groups is 1. The van der Waals surface area contributed by atoms with Gasteiger partial charge in [0.2, 0.25) is 0 Å². The van der Waals surface area contributed by atoms with Crippen LogP contribution in [0.15, 0.2) is 12.1 Å². The molecule has 1 rings (SSSR count). The van der Waals surface area contributed by atoms with Crippen LogP contribution < -0.4 is 14.8 Å². The summed E-state index contributed by atoms with van der Waals surface area (Å²) in [5, 5.41) is 12.9. The molecule has 18 heavy (non-hydrogen) atoms. The van der Waals surface area contributed by atoms with E-state index in [1.54, 1.807) is 21.1 Å². The Kier molecular flexibility index (Phi) is 6.25. The maximum absolute atomic E-state index is 9.15. The zero-order valence-electron chi connectivity index (χ0n) is 11.0. The lowest BCUT2D eigenvalue weighted by atomic mass is 10.2. The Balaban J connectivity index is 2.66. The van der Waals surface area contributed by atoms with Crippen molar-refractivity contribution in [3.8, 4) is 11.5 Å². The summed E-state index contributed by atoms with van der Waals surface area (Å²) in [6, 6.07) is 3.73. The second-order valence-corrected chi connectivity index (χ2v) is 4.47. The minimum absolute atomic E-state index is 0.293. The summed E-state index contributed by atoms with van der Waals surface area (Å²) in [5.41, 5.74) is 0.944. The van der Waals surface area contributed by atoms with E-state index in [4.69, 9.17) is 26.2 Å². The number of rotatable bonds is 7. The molecule has 0 aliphatic carbocycles. The molecule has 4 nitrogen and oxygen atoms in total. The highest BCUT2D eigenvalue weighted by Crippen LogP contribution is 2.37. The molecule has 5 heteroatoms. The molecule has 1 aromatic carbocycles. The lowest BCUT2D eigenvalue weighted by molar-refractivity contribution is 0.183. The first-order valence-corrected chi connectivity index (χ1v) is 6.26. The first-order chi connectivity index (χ1) is 8.60. The van der Waals surface area contributed by atoms with Crippen molar-refractivity contribution in [2.45, 2.75) is 26.0 Å². The topological polar surface area (TPSA) is 50.7 Å². The van der Waals surface area contributed by atoms with E-state index in [2.05, 4.69) is 5.32 Å². The van der Waals surface area contributed by atoms with E-state index in [9.17, 15) is 0 Å². The SMILES string of the molecule is COc1ccc(CNCCC(C)O)c(Cl)c1OC. The van der Waals surface area contributed by atoms with Crippen molar-refractivity contribution >= 4 is 11.6 Å². The Bertz CT molecular complexity index is 383. The highest BCUT2D eigenvalue weighted by molar-refractivity contribution is 6.33. The van der Waals surface area contributed by atoms with Crippen molar-refractivity contribution in [1.29, 1.82) is 0 Å². The van der Waals surface area contributed by atoms with E-state index >= 15 is 0 Å². The molecule has 0 radical (unpaired) electrons. The zero-order chi connectivity index (χ0) is 13.5.